The van der Waals surface area contributed by atoms with Gasteiger partial charge in [0.2, 0.25) is 5.91 Å². The molecule has 2 aromatic rings. The largest absolute Gasteiger partial charge is 0.351 e. The average Bonchev–Trinajstić information content (AvgIpc) is 3.13. The topological polar surface area (TPSA) is 52.6 Å². The molecular weight excluding hydrogens is 397 g/mol. The molecule has 1 saturated heterocycles. The van der Waals surface area contributed by atoms with Gasteiger partial charge in [-0.05, 0) is 49.7 Å². The Balaban J connectivity index is 1.52. The molecule has 2 heterocycles. The van der Waals surface area contributed by atoms with Crippen molar-refractivity contribution in [2.45, 2.75) is 25.4 Å². The summed E-state index contributed by atoms with van der Waals surface area (Å²) in [6.45, 7) is 2.65. The number of aromatic nitrogens is 2. The molecule has 1 aliphatic rings. The summed E-state index contributed by atoms with van der Waals surface area (Å²) >= 11 is 12.0. The maximum Gasteiger partial charge on any atom is 0.236 e. The molecule has 8 heteroatoms. The third-order valence-electron chi connectivity index (χ3n) is 4.99. The second kappa shape index (κ2) is 9.54. The van der Waals surface area contributed by atoms with E-state index in [2.05, 4.69) is 20.0 Å². The number of amides is 1. The lowest BCUT2D eigenvalue weighted by Gasteiger charge is -2.29. The third-order valence-corrected chi connectivity index (χ3v) is 5.73. The van der Waals surface area contributed by atoms with Gasteiger partial charge in [-0.25, -0.2) is 0 Å². The van der Waals surface area contributed by atoms with E-state index in [0.717, 1.165) is 37.3 Å². The van der Waals surface area contributed by atoms with E-state index >= 15 is 0 Å². The molecule has 1 amide bonds. The van der Waals surface area contributed by atoms with Crippen LogP contribution in [0, 0.1) is 0 Å². The van der Waals surface area contributed by atoms with Gasteiger partial charge < -0.3 is 9.80 Å². The van der Waals surface area contributed by atoms with Gasteiger partial charge in [0.25, 0.3) is 0 Å². The lowest BCUT2D eigenvalue weighted by molar-refractivity contribution is -0.131. The van der Waals surface area contributed by atoms with Crippen LogP contribution in [0.1, 0.15) is 18.4 Å². The van der Waals surface area contributed by atoms with E-state index in [1.54, 1.807) is 30.3 Å². The van der Waals surface area contributed by atoms with Crippen LogP contribution in [-0.2, 0) is 11.3 Å². The lowest BCUT2D eigenvalue weighted by Crippen LogP contribution is -2.43. The first-order valence-electron chi connectivity index (χ1n) is 9.35. The van der Waals surface area contributed by atoms with Crippen molar-refractivity contribution in [1.29, 1.82) is 0 Å². The first-order chi connectivity index (χ1) is 13.4. The second-order valence-electron chi connectivity index (χ2n) is 7.27. The Labute approximate surface area is 176 Å². The summed E-state index contributed by atoms with van der Waals surface area (Å²) in [5, 5.41) is 9.23. The highest BCUT2D eigenvalue weighted by Crippen LogP contribution is 2.24. The normalized spacial score (nSPS) is 16.6. The zero-order chi connectivity index (χ0) is 20.1. The molecule has 1 aromatic heterocycles. The van der Waals surface area contributed by atoms with Crippen LogP contribution < -0.4 is 4.90 Å². The number of carbonyl (C=O) groups excluding carboxylic acids is 1. The number of carbonyl (C=O) groups is 1. The average molecular weight is 422 g/mol. The number of hydrogen-bond acceptors (Lipinski definition) is 5. The molecule has 1 unspecified atom stereocenters. The molecule has 6 nitrogen and oxygen atoms in total. The first kappa shape index (κ1) is 20.8. The van der Waals surface area contributed by atoms with Crippen LogP contribution in [0.4, 0.5) is 5.82 Å². The van der Waals surface area contributed by atoms with Crippen molar-refractivity contribution in [3.05, 3.63) is 52.1 Å². The SMILES string of the molecule is CN(CC(=O)N(C)Cc1ccc(Cl)c(Cl)c1)CC1CCCN1c1cccnn1. The summed E-state index contributed by atoms with van der Waals surface area (Å²) in [6, 6.07) is 9.68. The second-order valence-corrected chi connectivity index (χ2v) is 8.08. The van der Waals surface area contributed by atoms with E-state index in [4.69, 9.17) is 23.2 Å². The van der Waals surface area contributed by atoms with E-state index in [0.29, 0.717) is 29.2 Å². The molecule has 1 aromatic carbocycles. The number of halogens is 2. The predicted molar refractivity (Wildman–Crippen MR) is 113 cm³/mol. The molecule has 0 bridgehead atoms. The minimum absolute atomic E-state index is 0.0672. The fourth-order valence-corrected chi connectivity index (χ4v) is 3.87. The minimum atomic E-state index is 0.0672. The molecule has 1 atom stereocenters. The molecule has 0 saturated carbocycles. The van der Waals surface area contributed by atoms with Gasteiger partial charge in [-0.2, -0.15) is 5.10 Å². The Morgan fingerprint density at radius 3 is 2.79 bits per heavy atom. The first-order valence-corrected chi connectivity index (χ1v) is 10.1. The maximum atomic E-state index is 12.6. The Morgan fingerprint density at radius 1 is 1.25 bits per heavy atom. The van der Waals surface area contributed by atoms with Crippen molar-refractivity contribution < 1.29 is 4.79 Å². The smallest absolute Gasteiger partial charge is 0.236 e. The Bertz CT molecular complexity index is 804. The summed E-state index contributed by atoms with van der Waals surface area (Å²) in [5.74, 6) is 0.971. The van der Waals surface area contributed by atoms with Gasteiger partial charge in [0.05, 0.1) is 16.6 Å². The molecule has 1 aliphatic heterocycles. The van der Waals surface area contributed by atoms with Crippen LogP contribution in [0.5, 0.6) is 0 Å². The van der Waals surface area contributed by atoms with Gasteiger partial charge in [0.15, 0.2) is 5.82 Å². The van der Waals surface area contributed by atoms with E-state index in [9.17, 15) is 4.79 Å². The highest BCUT2D eigenvalue weighted by molar-refractivity contribution is 6.42. The molecular formula is C20H25Cl2N5O. The van der Waals surface area contributed by atoms with Crippen molar-refractivity contribution >= 4 is 34.9 Å². The van der Waals surface area contributed by atoms with E-state index < -0.39 is 0 Å². The van der Waals surface area contributed by atoms with Crippen molar-refractivity contribution in [1.82, 2.24) is 20.0 Å². The predicted octanol–water partition coefficient (Wildman–Crippen LogP) is 3.34. The number of likely N-dealkylation sites (N-methyl/N-ethyl adjacent to an activating group) is 2. The third kappa shape index (κ3) is 5.34. The minimum Gasteiger partial charge on any atom is -0.351 e. The van der Waals surface area contributed by atoms with Crippen molar-refractivity contribution in [2.75, 3.05) is 38.6 Å². The van der Waals surface area contributed by atoms with Crippen LogP contribution in [-0.4, -0.2) is 65.7 Å². The Hall–Kier alpha value is -1.89. The Kier molecular flexibility index (Phi) is 7.10. The Morgan fingerprint density at radius 2 is 2.07 bits per heavy atom. The van der Waals surface area contributed by atoms with Crippen LogP contribution in [0.3, 0.4) is 0 Å². The molecule has 0 spiro atoms. The van der Waals surface area contributed by atoms with Gasteiger partial charge in [0.1, 0.15) is 0 Å². The molecule has 3 rings (SSSR count). The number of nitrogens with zero attached hydrogens (tertiary/aromatic N) is 5. The summed E-state index contributed by atoms with van der Waals surface area (Å²) in [4.78, 5) is 18.7. The van der Waals surface area contributed by atoms with Crippen LogP contribution in [0.2, 0.25) is 10.0 Å². The highest BCUT2D eigenvalue weighted by Gasteiger charge is 2.27. The van der Waals surface area contributed by atoms with E-state index in [1.807, 2.05) is 25.2 Å². The number of anilines is 1. The van der Waals surface area contributed by atoms with Gasteiger partial charge in [-0.1, -0.05) is 29.3 Å². The van der Waals surface area contributed by atoms with Crippen LogP contribution in [0.25, 0.3) is 0 Å². The van der Waals surface area contributed by atoms with Gasteiger partial charge in [-0.15, -0.1) is 5.10 Å². The number of rotatable bonds is 7. The zero-order valence-corrected chi connectivity index (χ0v) is 17.7. The summed E-state index contributed by atoms with van der Waals surface area (Å²) in [5.41, 5.74) is 0.956. The molecule has 1 fully saturated rings. The monoisotopic (exact) mass is 421 g/mol. The zero-order valence-electron chi connectivity index (χ0n) is 16.2. The molecule has 150 valence electrons. The van der Waals surface area contributed by atoms with Gasteiger partial charge in [0, 0.05) is 38.9 Å². The quantitative estimate of drug-likeness (QED) is 0.685. The number of hydrogen-bond donors (Lipinski definition) is 0. The van der Waals surface area contributed by atoms with E-state index in [-0.39, 0.29) is 5.91 Å². The van der Waals surface area contributed by atoms with Crippen molar-refractivity contribution in [2.24, 2.45) is 0 Å². The number of benzene rings is 1. The summed E-state index contributed by atoms with van der Waals surface area (Å²) < 4.78 is 0. The van der Waals surface area contributed by atoms with Gasteiger partial charge >= 0.3 is 0 Å². The standard InChI is InChI=1S/C20H25Cl2N5O/c1-25(13-16-5-4-10-27(16)19-6-3-9-23-24-19)14-20(28)26(2)12-15-7-8-17(21)18(22)11-15/h3,6-9,11,16H,4-5,10,12-14H2,1-2H3. The molecule has 0 aliphatic carbocycles. The molecule has 0 radical (unpaired) electrons. The summed E-state index contributed by atoms with van der Waals surface area (Å²) in [7, 11) is 3.79. The van der Waals surface area contributed by atoms with Crippen LogP contribution in [0.15, 0.2) is 36.5 Å². The van der Waals surface area contributed by atoms with E-state index in [1.165, 1.54) is 0 Å². The molecule has 28 heavy (non-hydrogen) atoms. The van der Waals surface area contributed by atoms with Crippen molar-refractivity contribution in [3.63, 3.8) is 0 Å². The van der Waals surface area contributed by atoms with Crippen LogP contribution >= 0.6 is 23.2 Å². The highest BCUT2D eigenvalue weighted by atomic mass is 35.5. The fraction of sp³-hybridized carbons (Fsp3) is 0.450. The lowest BCUT2D eigenvalue weighted by atomic mass is 10.2. The maximum absolute atomic E-state index is 12.6. The van der Waals surface area contributed by atoms with Gasteiger partial charge in [-0.3, -0.25) is 9.69 Å². The fourth-order valence-electron chi connectivity index (χ4n) is 3.55. The van der Waals surface area contributed by atoms with Crippen molar-refractivity contribution in [3.8, 4) is 0 Å². The molecule has 0 N–H and O–H groups in total. The summed E-state index contributed by atoms with van der Waals surface area (Å²) in [6.07, 6.45) is 3.90.